The molecule has 0 aliphatic rings. The highest BCUT2D eigenvalue weighted by atomic mass is 16.5. The summed E-state index contributed by atoms with van der Waals surface area (Å²) in [6, 6.07) is 7.74. The summed E-state index contributed by atoms with van der Waals surface area (Å²) in [5.74, 6) is 0.411. The van der Waals surface area contributed by atoms with Gasteiger partial charge in [0.05, 0.1) is 17.7 Å². The van der Waals surface area contributed by atoms with Gasteiger partial charge in [-0.1, -0.05) is 11.6 Å². The summed E-state index contributed by atoms with van der Waals surface area (Å²) >= 11 is 0. The van der Waals surface area contributed by atoms with Gasteiger partial charge in [0, 0.05) is 5.39 Å². The van der Waals surface area contributed by atoms with Crippen molar-refractivity contribution in [2.24, 2.45) is 0 Å². The predicted octanol–water partition coefficient (Wildman–Crippen LogP) is 2.75. The molecule has 0 fully saturated rings. The van der Waals surface area contributed by atoms with Crippen LogP contribution in [0.25, 0.3) is 10.9 Å². The maximum atomic E-state index is 10.9. The molecule has 0 radical (unpaired) electrons. The Morgan fingerprint density at radius 1 is 1.38 bits per heavy atom. The molecule has 2 rings (SSSR count). The molecule has 0 bridgehead atoms. The van der Waals surface area contributed by atoms with Crippen molar-refractivity contribution in [2.45, 2.75) is 13.8 Å². The summed E-state index contributed by atoms with van der Waals surface area (Å²) in [5, 5.41) is 0.963. The van der Waals surface area contributed by atoms with E-state index in [-0.39, 0.29) is 0 Å². The van der Waals surface area contributed by atoms with Gasteiger partial charge < -0.3 is 4.74 Å². The lowest BCUT2D eigenvalue weighted by Crippen LogP contribution is -1.99. The second kappa shape index (κ2) is 4.31. The summed E-state index contributed by atoms with van der Waals surface area (Å²) in [5.41, 5.74) is 2.50. The number of nitrogens with zero attached hydrogens (tertiary/aromatic N) is 1. The maximum absolute atomic E-state index is 10.9. The summed E-state index contributed by atoms with van der Waals surface area (Å²) in [6.07, 6.45) is 0.778. The number of aldehydes is 1. The molecule has 82 valence electrons. The Kier molecular flexibility index (Phi) is 2.86. The molecule has 0 spiro atoms. The van der Waals surface area contributed by atoms with E-state index >= 15 is 0 Å². The van der Waals surface area contributed by atoms with Crippen LogP contribution < -0.4 is 4.74 Å². The number of rotatable bonds is 3. The lowest BCUT2D eigenvalue weighted by atomic mass is 10.1. The first kappa shape index (κ1) is 10.6. The number of carbonyl (C=O) groups is 1. The van der Waals surface area contributed by atoms with Gasteiger partial charge in [-0.25, -0.2) is 4.98 Å². The minimum Gasteiger partial charge on any atom is -0.477 e. The molecule has 0 aliphatic carbocycles. The van der Waals surface area contributed by atoms with Crippen LogP contribution in [0.5, 0.6) is 5.88 Å². The van der Waals surface area contributed by atoms with Gasteiger partial charge in [0.2, 0.25) is 5.88 Å². The highest BCUT2D eigenvalue weighted by Gasteiger charge is 2.06. The summed E-state index contributed by atoms with van der Waals surface area (Å²) in [7, 11) is 0. The average molecular weight is 215 g/mol. The SMILES string of the molecule is CCOc1nc2ccc(C)cc2cc1C=O. The average Bonchev–Trinajstić information content (AvgIpc) is 2.29. The van der Waals surface area contributed by atoms with Gasteiger partial charge in [0.15, 0.2) is 6.29 Å². The molecule has 1 aromatic heterocycles. The van der Waals surface area contributed by atoms with E-state index in [1.54, 1.807) is 0 Å². The third-order valence-corrected chi connectivity index (χ3v) is 2.37. The van der Waals surface area contributed by atoms with Crippen LogP contribution in [0.3, 0.4) is 0 Å². The van der Waals surface area contributed by atoms with Crippen molar-refractivity contribution in [3.8, 4) is 5.88 Å². The number of carbonyl (C=O) groups excluding carboxylic acids is 1. The second-order valence-electron chi connectivity index (χ2n) is 3.63. The fourth-order valence-corrected chi connectivity index (χ4v) is 1.63. The Morgan fingerprint density at radius 3 is 2.88 bits per heavy atom. The molecule has 16 heavy (non-hydrogen) atoms. The molecule has 0 unspecified atom stereocenters. The van der Waals surface area contributed by atoms with Crippen LogP contribution in [0.15, 0.2) is 24.3 Å². The molecule has 3 nitrogen and oxygen atoms in total. The van der Waals surface area contributed by atoms with Crippen LogP contribution in [0.2, 0.25) is 0 Å². The lowest BCUT2D eigenvalue weighted by Gasteiger charge is -2.07. The van der Waals surface area contributed by atoms with Gasteiger partial charge in [0.25, 0.3) is 0 Å². The molecular weight excluding hydrogens is 202 g/mol. The number of hydrogen-bond acceptors (Lipinski definition) is 3. The Bertz CT molecular complexity index is 535. The number of benzene rings is 1. The first-order chi connectivity index (χ1) is 7.74. The van der Waals surface area contributed by atoms with Crippen LogP contribution in [0, 0.1) is 6.92 Å². The Labute approximate surface area is 94.1 Å². The molecule has 0 saturated heterocycles. The highest BCUT2D eigenvalue weighted by Crippen LogP contribution is 2.21. The third kappa shape index (κ3) is 1.89. The number of aromatic nitrogens is 1. The van der Waals surface area contributed by atoms with Crippen LogP contribution in [-0.2, 0) is 0 Å². The first-order valence-corrected chi connectivity index (χ1v) is 5.24. The van der Waals surface area contributed by atoms with Crippen LogP contribution in [0.4, 0.5) is 0 Å². The summed E-state index contributed by atoms with van der Waals surface area (Å²) in [6.45, 7) is 4.39. The zero-order valence-electron chi connectivity index (χ0n) is 9.36. The van der Waals surface area contributed by atoms with Gasteiger partial charge in [-0.2, -0.15) is 0 Å². The number of pyridine rings is 1. The second-order valence-corrected chi connectivity index (χ2v) is 3.63. The minimum atomic E-state index is 0.411. The van der Waals surface area contributed by atoms with Gasteiger partial charge in [-0.05, 0) is 32.0 Å². The molecule has 0 amide bonds. The van der Waals surface area contributed by atoms with Gasteiger partial charge in [-0.15, -0.1) is 0 Å². The molecular formula is C13H13NO2. The van der Waals surface area contributed by atoms with E-state index in [9.17, 15) is 4.79 Å². The van der Waals surface area contributed by atoms with Crippen molar-refractivity contribution < 1.29 is 9.53 Å². The largest absolute Gasteiger partial charge is 0.477 e. The molecule has 0 aliphatic heterocycles. The van der Waals surface area contributed by atoms with Crippen molar-refractivity contribution in [2.75, 3.05) is 6.61 Å². The third-order valence-electron chi connectivity index (χ3n) is 2.37. The van der Waals surface area contributed by atoms with Gasteiger partial charge in [-0.3, -0.25) is 4.79 Å². The molecule has 1 aromatic carbocycles. The molecule has 1 heterocycles. The summed E-state index contributed by atoms with van der Waals surface area (Å²) < 4.78 is 5.32. The Balaban J connectivity index is 2.64. The van der Waals surface area contributed by atoms with E-state index in [1.807, 2.05) is 38.1 Å². The first-order valence-electron chi connectivity index (χ1n) is 5.24. The van der Waals surface area contributed by atoms with Crippen molar-refractivity contribution in [1.29, 1.82) is 0 Å². The van der Waals surface area contributed by atoms with E-state index in [4.69, 9.17) is 4.74 Å². The lowest BCUT2D eigenvalue weighted by molar-refractivity contribution is 0.111. The molecule has 0 N–H and O–H groups in total. The van der Waals surface area contributed by atoms with Crippen molar-refractivity contribution in [3.63, 3.8) is 0 Å². The fraction of sp³-hybridized carbons (Fsp3) is 0.231. The smallest absolute Gasteiger partial charge is 0.224 e. The normalized spacial score (nSPS) is 10.4. The zero-order valence-corrected chi connectivity index (χ0v) is 9.36. The van der Waals surface area contributed by atoms with E-state index in [2.05, 4.69) is 4.98 Å². The monoisotopic (exact) mass is 215 g/mol. The van der Waals surface area contributed by atoms with E-state index < -0.39 is 0 Å². The topological polar surface area (TPSA) is 39.2 Å². The standard InChI is InChI=1S/C13H13NO2/c1-3-16-13-11(8-15)7-10-6-9(2)4-5-12(10)14-13/h4-8H,3H2,1-2H3. The van der Waals surface area contributed by atoms with E-state index in [1.165, 1.54) is 0 Å². The number of aryl methyl sites for hydroxylation is 1. The molecule has 0 saturated carbocycles. The van der Waals surface area contributed by atoms with Gasteiger partial charge in [0.1, 0.15) is 0 Å². The molecule has 2 aromatic rings. The van der Waals surface area contributed by atoms with Crippen LogP contribution in [0.1, 0.15) is 22.8 Å². The number of ether oxygens (including phenoxy) is 1. The minimum absolute atomic E-state index is 0.411. The Morgan fingerprint density at radius 2 is 2.19 bits per heavy atom. The quantitative estimate of drug-likeness (QED) is 0.739. The Hall–Kier alpha value is -1.90. The van der Waals surface area contributed by atoms with E-state index in [0.29, 0.717) is 18.1 Å². The zero-order chi connectivity index (χ0) is 11.5. The number of hydrogen-bond donors (Lipinski definition) is 0. The fourth-order valence-electron chi connectivity index (χ4n) is 1.63. The van der Waals surface area contributed by atoms with Gasteiger partial charge >= 0.3 is 0 Å². The van der Waals surface area contributed by atoms with E-state index in [0.717, 1.165) is 22.8 Å². The molecule has 0 atom stereocenters. The highest BCUT2D eigenvalue weighted by molar-refractivity contribution is 5.88. The number of fused-ring (bicyclic) bond motifs is 1. The van der Waals surface area contributed by atoms with Crippen molar-refractivity contribution in [1.82, 2.24) is 4.98 Å². The van der Waals surface area contributed by atoms with Crippen LogP contribution >= 0.6 is 0 Å². The maximum Gasteiger partial charge on any atom is 0.224 e. The summed E-state index contributed by atoms with van der Waals surface area (Å²) in [4.78, 5) is 15.2. The van der Waals surface area contributed by atoms with Crippen LogP contribution in [-0.4, -0.2) is 17.9 Å². The predicted molar refractivity (Wildman–Crippen MR) is 63.0 cm³/mol. The van der Waals surface area contributed by atoms with Crippen molar-refractivity contribution >= 4 is 17.2 Å². The molecule has 3 heteroatoms. The van der Waals surface area contributed by atoms with Crippen molar-refractivity contribution in [3.05, 3.63) is 35.4 Å².